The summed E-state index contributed by atoms with van der Waals surface area (Å²) in [5.74, 6) is 0.310. The molecule has 0 bridgehead atoms. The van der Waals surface area contributed by atoms with Gasteiger partial charge in [-0.25, -0.2) is 0 Å². The highest BCUT2D eigenvalue weighted by atomic mass is 32.1. The van der Waals surface area contributed by atoms with E-state index in [1.807, 2.05) is 54.6 Å². The van der Waals surface area contributed by atoms with Gasteiger partial charge in [0.2, 0.25) is 11.8 Å². The number of amides is 2. The second kappa shape index (κ2) is 11.4. The van der Waals surface area contributed by atoms with Gasteiger partial charge in [0.25, 0.3) is 0 Å². The Balaban J connectivity index is 1.45. The first-order chi connectivity index (χ1) is 15.5. The van der Waals surface area contributed by atoms with Gasteiger partial charge in [0, 0.05) is 17.5 Å². The van der Waals surface area contributed by atoms with Crippen LogP contribution in [0.5, 0.6) is 5.75 Å². The summed E-state index contributed by atoms with van der Waals surface area (Å²) >= 11 is 5.19. The minimum Gasteiger partial charge on any atom is -0.497 e. The summed E-state index contributed by atoms with van der Waals surface area (Å²) in [5.41, 5.74) is 3.18. The molecule has 0 saturated heterocycles. The normalized spacial score (nSPS) is 10.4. The molecule has 0 spiro atoms. The average molecular weight is 446 g/mol. The van der Waals surface area contributed by atoms with Crippen LogP contribution in [0.2, 0.25) is 0 Å². The molecule has 2 amide bonds. The summed E-state index contributed by atoms with van der Waals surface area (Å²) in [4.78, 5) is 24.2. The van der Waals surface area contributed by atoms with Crippen molar-refractivity contribution in [2.45, 2.75) is 6.42 Å². The van der Waals surface area contributed by atoms with Crippen LogP contribution < -0.4 is 20.7 Å². The van der Waals surface area contributed by atoms with Crippen molar-refractivity contribution in [3.63, 3.8) is 0 Å². The molecule has 0 unspecified atom stereocenters. The fraction of sp³-hybridized carbons (Fsp3) is 0.0800. The number of methoxy groups -OCH3 is 1. The minimum absolute atomic E-state index is 0.0941. The van der Waals surface area contributed by atoms with E-state index < -0.39 is 0 Å². The third kappa shape index (κ3) is 7.37. The number of hydrogen-bond donors (Lipinski definition) is 3. The highest BCUT2D eigenvalue weighted by Crippen LogP contribution is 2.14. The molecule has 6 nitrogen and oxygen atoms in total. The second-order valence-electron chi connectivity index (χ2n) is 6.84. The van der Waals surface area contributed by atoms with Gasteiger partial charge >= 0.3 is 0 Å². The molecule has 3 rings (SSSR count). The Hall–Kier alpha value is -3.97. The molecule has 3 aromatic carbocycles. The van der Waals surface area contributed by atoms with Gasteiger partial charge in [-0.2, -0.15) is 0 Å². The third-order valence-corrected chi connectivity index (χ3v) is 4.62. The van der Waals surface area contributed by atoms with E-state index in [9.17, 15) is 9.59 Å². The lowest BCUT2D eigenvalue weighted by Gasteiger charge is -2.10. The maximum absolute atomic E-state index is 12.2. The number of nitrogens with one attached hydrogen (secondary N) is 3. The van der Waals surface area contributed by atoms with E-state index in [-0.39, 0.29) is 16.9 Å². The fourth-order valence-corrected chi connectivity index (χ4v) is 3.04. The average Bonchev–Trinajstić information content (AvgIpc) is 2.80. The second-order valence-corrected chi connectivity index (χ2v) is 7.25. The number of carbonyl (C=O) groups is 2. The third-order valence-electron chi connectivity index (χ3n) is 4.41. The molecule has 162 valence electrons. The lowest BCUT2D eigenvalue weighted by molar-refractivity contribution is -0.116. The van der Waals surface area contributed by atoms with Crippen molar-refractivity contribution in [3.8, 4) is 5.75 Å². The fourth-order valence-electron chi connectivity index (χ4n) is 2.83. The van der Waals surface area contributed by atoms with Crippen molar-refractivity contribution in [1.29, 1.82) is 0 Å². The van der Waals surface area contributed by atoms with Crippen molar-refractivity contribution in [2.75, 3.05) is 17.7 Å². The van der Waals surface area contributed by atoms with E-state index in [1.165, 1.54) is 6.08 Å². The highest BCUT2D eigenvalue weighted by Gasteiger charge is 2.05. The van der Waals surface area contributed by atoms with Crippen LogP contribution in [-0.2, 0) is 16.0 Å². The predicted octanol–water partition coefficient (Wildman–Crippen LogP) is 4.40. The van der Waals surface area contributed by atoms with Crippen LogP contribution in [0.4, 0.5) is 11.4 Å². The molecule has 0 aliphatic heterocycles. The van der Waals surface area contributed by atoms with E-state index in [1.54, 1.807) is 37.5 Å². The van der Waals surface area contributed by atoms with Gasteiger partial charge in [-0.15, -0.1) is 0 Å². The van der Waals surface area contributed by atoms with Crippen molar-refractivity contribution in [3.05, 3.63) is 96.1 Å². The van der Waals surface area contributed by atoms with E-state index in [0.29, 0.717) is 17.8 Å². The van der Waals surface area contributed by atoms with Gasteiger partial charge in [0.05, 0.1) is 13.5 Å². The molecule has 0 aliphatic rings. The van der Waals surface area contributed by atoms with Gasteiger partial charge in [-0.05, 0) is 65.8 Å². The van der Waals surface area contributed by atoms with E-state index in [0.717, 1.165) is 16.9 Å². The zero-order valence-corrected chi connectivity index (χ0v) is 18.3. The minimum atomic E-state index is -0.344. The Morgan fingerprint density at radius 2 is 1.50 bits per heavy atom. The van der Waals surface area contributed by atoms with Gasteiger partial charge in [-0.3, -0.25) is 14.9 Å². The molecule has 0 heterocycles. The lowest BCUT2D eigenvalue weighted by Crippen LogP contribution is -2.32. The Kier molecular flexibility index (Phi) is 8.11. The Labute approximate surface area is 192 Å². The Morgan fingerprint density at radius 1 is 0.875 bits per heavy atom. The SMILES string of the molecule is COc1ccc(/C=C/C(=O)NC(=S)Nc2ccc(NC(=O)Cc3ccccc3)cc2)cc1. The van der Waals surface area contributed by atoms with Crippen molar-refractivity contribution >= 4 is 46.6 Å². The Morgan fingerprint density at radius 3 is 2.12 bits per heavy atom. The van der Waals surface area contributed by atoms with Crippen LogP contribution in [-0.4, -0.2) is 24.0 Å². The van der Waals surface area contributed by atoms with Crippen LogP contribution in [0.3, 0.4) is 0 Å². The first kappa shape index (κ1) is 22.7. The zero-order valence-electron chi connectivity index (χ0n) is 17.5. The van der Waals surface area contributed by atoms with Crippen molar-refractivity contribution in [2.24, 2.45) is 0 Å². The van der Waals surface area contributed by atoms with Crippen LogP contribution in [0.1, 0.15) is 11.1 Å². The van der Waals surface area contributed by atoms with E-state index >= 15 is 0 Å². The number of carbonyl (C=O) groups excluding carboxylic acids is 2. The van der Waals surface area contributed by atoms with Gasteiger partial charge < -0.3 is 15.4 Å². The van der Waals surface area contributed by atoms with Crippen LogP contribution in [0, 0.1) is 0 Å². The monoisotopic (exact) mass is 445 g/mol. The molecule has 0 saturated carbocycles. The molecule has 3 N–H and O–H groups in total. The summed E-state index contributed by atoms with van der Waals surface area (Å²) in [6, 6.07) is 23.9. The number of hydrogen-bond acceptors (Lipinski definition) is 4. The van der Waals surface area contributed by atoms with E-state index in [4.69, 9.17) is 17.0 Å². The molecule has 0 radical (unpaired) electrons. The Bertz CT molecular complexity index is 1100. The summed E-state index contributed by atoms with van der Waals surface area (Å²) < 4.78 is 5.10. The molecular weight excluding hydrogens is 422 g/mol. The topological polar surface area (TPSA) is 79.5 Å². The molecule has 3 aromatic rings. The number of ether oxygens (including phenoxy) is 1. The zero-order chi connectivity index (χ0) is 22.8. The van der Waals surface area contributed by atoms with Gasteiger partial charge in [-0.1, -0.05) is 42.5 Å². The maximum Gasteiger partial charge on any atom is 0.250 e. The molecule has 7 heteroatoms. The van der Waals surface area contributed by atoms with Crippen LogP contribution in [0.15, 0.2) is 84.9 Å². The summed E-state index contributed by atoms with van der Waals surface area (Å²) in [5, 5.41) is 8.57. The van der Waals surface area contributed by atoms with Crippen molar-refractivity contribution in [1.82, 2.24) is 5.32 Å². The highest BCUT2D eigenvalue weighted by molar-refractivity contribution is 7.80. The summed E-state index contributed by atoms with van der Waals surface area (Å²) in [6.07, 6.45) is 3.40. The standard InChI is InChI=1S/C25H23N3O3S/c1-31-22-14-7-18(8-15-22)9-16-23(29)28-25(32)27-21-12-10-20(11-13-21)26-24(30)17-19-5-3-2-4-6-19/h2-16H,17H2,1H3,(H,26,30)(H2,27,28,29,32)/b16-9+. The predicted molar refractivity (Wildman–Crippen MR) is 132 cm³/mol. The van der Waals surface area contributed by atoms with Gasteiger partial charge in [0.1, 0.15) is 5.75 Å². The van der Waals surface area contributed by atoms with Crippen LogP contribution in [0.25, 0.3) is 6.08 Å². The molecule has 0 aromatic heterocycles. The maximum atomic E-state index is 12.2. The molecule has 0 atom stereocenters. The number of rotatable bonds is 7. The molecular formula is C25H23N3O3S. The number of benzene rings is 3. The molecule has 32 heavy (non-hydrogen) atoms. The summed E-state index contributed by atoms with van der Waals surface area (Å²) in [7, 11) is 1.60. The molecule has 0 aliphatic carbocycles. The quantitative estimate of drug-likeness (QED) is 0.371. The summed E-state index contributed by atoms with van der Waals surface area (Å²) in [6.45, 7) is 0. The number of thiocarbonyl (C=S) groups is 1. The first-order valence-corrected chi connectivity index (χ1v) is 10.3. The van der Waals surface area contributed by atoms with Crippen molar-refractivity contribution < 1.29 is 14.3 Å². The van der Waals surface area contributed by atoms with Gasteiger partial charge in [0.15, 0.2) is 5.11 Å². The first-order valence-electron chi connectivity index (χ1n) is 9.90. The largest absolute Gasteiger partial charge is 0.497 e. The van der Waals surface area contributed by atoms with Crippen LogP contribution >= 0.6 is 12.2 Å². The lowest BCUT2D eigenvalue weighted by atomic mass is 10.1. The number of anilines is 2. The smallest absolute Gasteiger partial charge is 0.250 e. The molecule has 0 fully saturated rings. The van der Waals surface area contributed by atoms with E-state index in [2.05, 4.69) is 16.0 Å².